The van der Waals surface area contributed by atoms with Gasteiger partial charge in [0, 0.05) is 17.6 Å². The van der Waals surface area contributed by atoms with E-state index in [1.54, 1.807) is 0 Å². The topological polar surface area (TPSA) is 77.4 Å². The molecule has 5 nitrogen and oxygen atoms in total. The number of rotatable bonds is 8. The molecule has 0 amide bonds. The van der Waals surface area contributed by atoms with E-state index >= 15 is 0 Å². The monoisotopic (exact) mass is 302 g/mol. The molecule has 120 valence electrons. The Morgan fingerprint density at radius 3 is 2.77 bits per heavy atom. The molecule has 0 aliphatic heterocycles. The van der Waals surface area contributed by atoms with Crippen molar-refractivity contribution in [1.29, 1.82) is 0 Å². The van der Waals surface area contributed by atoms with Gasteiger partial charge < -0.3 is 16.2 Å². The van der Waals surface area contributed by atoms with E-state index in [-0.39, 0.29) is 0 Å². The third kappa shape index (κ3) is 4.40. The van der Waals surface area contributed by atoms with Gasteiger partial charge in [0.15, 0.2) is 0 Å². The lowest BCUT2D eigenvalue weighted by atomic mass is 10.1. The summed E-state index contributed by atoms with van der Waals surface area (Å²) in [6.07, 6.45) is 2.80. The van der Waals surface area contributed by atoms with Crippen LogP contribution in [0.3, 0.4) is 0 Å². The van der Waals surface area contributed by atoms with Crippen molar-refractivity contribution in [3.63, 3.8) is 0 Å². The summed E-state index contributed by atoms with van der Waals surface area (Å²) in [4.78, 5) is 6.51. The number of hydrogen-bond acceptors (Lipinski definition) is 5. The third-order valence-electron chi connectivity index (χ3n) is 3.74. The summed E-state index contributed by atoms with van der Waals surface area (Å²) < 4.78 is 5.90. The number of nitrogens with zero attached hydrogens (tertiary/aromatic N) is 2. The van der Waals surface area contributed by atoms with Crippen molar-refractivity contribution < 1.29 is 4.74 Å². The van der Waals surface area contributed by atoms with Crippen LogP contribution >= 0.6 is 0 Å². The second kappa shape index (κ2) is 8.08. The zero-order valence-electron chi connectivity index (χ0n) is 13.5. The van der Waals surface area contributed by atoms with Crippen molar-refractivity contribution in [3.8, 4) is 5.88 Å². The van der Waals surface area contributed by atoms with E-state index < -0.39 is 6.29 Å². The minimum Gasteiger partial charge on any atom is -0.476 e. The summed E-state index contributed by atoms with van der Waals surface area (Å²) in [7, 11) is 1.87. The van der Waals surface area contributed by atoms with Crippen LogP contribution in [-0.2, 0) is 6.42 Å². The minimum absolute atomic E-state index is 0.468. The Morgan fingerprint density at radius 1 is 1.27 bits per heavy atom. The van der Waals surface area contributed by atoms with Gasteiger partial charge in [-0.25, -0.2) is 4.98 Å². The Kier molecular flexibility index (Phi) is 6.12. The van der Waals surface area contributed by atoms with E-state index in [9.17, 15) is 0 Å². The lowest BCUT2D eigenvalue weighted by Gasteiger charge is -2.20. The lowest BCUT2D eigenvalue weighted by Crippen LogP contribution is -2.47. The van der Waals surface area contributed by atoms with E-state index in [2.05, 4.69) is 24.0 Å². The Labute approximate surface area is 132 Å². The number of aryl methyl sites for hydroxylation is 1. The van der Waals surface area contributed by atoms with Crippen molar-refractivity contribution in [3.05, 3.63) is 36.0 Å². The molecular weight excluding hydrogens is 276 g/mol. The first-order valence-electron chi connectivity index (χ1n) is 7.84. The standard InChI is InChI=1S/C17H26N4O/c1-3-4-8-14-12-13-7-5-6-9-15(13)16(20-14)22-11-10-21(2)17(18)19/h5-7,9,12,17H,3-4,8,10-11,18-19H2,1-2H3. The molecule has 1 aromatic carbocycles. The molecule has 0 aliphatic rings. The molecule has 2 aromatic rings. The zero-order chi connectivity index (χ0) is 15.9. The predicted molar refractivity (Wildman–Crippen MR) is 90.6 cm³/mol. The molecule has 0 spiro atoms. The number of fused-ring (bicyclic) bond motifs is 1. The molecule has 0 fully saturated rings. The first-order valence-corrected chi connectivity index (χ1v) is 7.84. The van der Waals surface area contributed by atoms with Gasteiger partial charge in [0.2, 0.25) is 5.88 Å². The number of unbranched alkanes of at least 4 members (excludes halogenated alkanes) is 1. The lowest BCUT2D eigenvalue weighted by molar-refractivity contribution is 0.194. The maximum atomic E-state index is 5.90. The molecule has 0 saturated heterocycles. The predicted octanol–water partition coefficient (Wildman–Crippen LogP) is 2.09. The fourth-order valence-corrected chi connectivity index (χ4v) is 2.25. The van der Waals surface area contributed by atoms with Gasteiger partial charge in [-0.05, 0) is 37.4 Å². The molecule has 0 unspecified atom stereocenters. The van der Waals surface area contributed by atoms with Crippen LogP contribution in [-0.4, -0.2) is 36.4 Å². The van der Waals surface area contributed by atoms with Gasteiger partial charge in [-0.1, -0.05) is 31.5 Å². The van der Waals surface area contributed by atoms with E-state index in [0.717, 1.165) is 30.3 Å². The van der Waals surface area contributed by atoms with E-state index in [1.165, 1.54) is 5.39 Å². The highest BCUT2D eigenvalue weighted by molar-refractivity contribution is 5.87. The number of benzene rings is 1. The van der Waals surface area contributed by atoms with Crippen LogP contribution in [0.2, 0.25) is 0 Å². The summed E-state index contributed by atoms with van der Waals surface area (Å²) in [6.45, 7) is 3.35. The highest BCUT2D eigenvalue weighted by Crippen LogP contribution is 2.25. The SMILES string of the molecule is CCCCc1cc2ccccc2c(OCCN(C)C(N)N)n1. The van der Waals surface area contributed by atoms with Crippen molar-refractivity contribution in [1.82, 2.24) is 9.88 Å². The Morgan fingerprint density at radius 2 is 2.05 bits per heavy atom. The summed E-state index contributed by atoms with van der Waals surface area (Å²) in [5, 5.41) is 2.21. The van der Waals surface area contributed by atoms with Crippen molar-refractivity contribution in [2.24, 2.45) is 11.5 Å². The number of ether oxygens (including phenoxy) is 1. The van der Waals surface area contributed by atoms with E-state index in [1.807, 2.05) is 30.1 Å². The highest BCUT2D eigenvalue weighted by atomic mass is 16.5. The fourth-order valence-electron chi connectivity index (χ4n) is 2.25. The average molecular weight is 302 g/mol. The second-order valence-electron chi connectivity index (χ2n) is 5.56. The maximum Gasteiger partial charge on any atom is 0.221 e. The molecule has 0 bridgehead atoms. The smallest absolute Gasteiger partial charge is 0.221 e. The number of aromatic nitrogens is 1. The second-order valence-corrected chi connectivity index (χ2v) is 5.56. The van der Waals surface area contributed by atoms with Crippen molar-refractivity contribution >= 4 is 10.8 Å². The molecule has 0 radical (unpaired) electrons. The maximum absolute atomic E-state index is 5.90. The highest BCUT2D eigenvalue weighted by Gasteiger charge is 2.09. The quantitative estimate of drug-likeness (QED) is 0.730. The summed E-state index contributed by atoms with van der Waals surface area (Å²) in [5.74, 6) is 0.697. The summed E-state index contributed by atoms with van der Waals surface area (Å²) >= 11 is 0. The van der Waals surface area contributed by atoms with Crippen LogP contribution in [0.15, 0.2) is 30.3 Å². The normalized spacial score (nSPS) is 11.5. The Balaban J connectivity index is 2.15. The van der Waals surface area contributed by atoms with Crippen LogP contribution < -0.4 is 16.2 Å². The average Bonchev–Trinajstić information content (AvgIpc) is 2.52. The molecule has 1 heterocycles. The summed E-state index contributed by atoms with van der Waals surface area (Å²) in [6, 6.07) is 10.3. The number of pyridine rings is 1. The number of nitrogens with two attached hydrogens (primary N) is 2. The van der Waals surface area contributed by atoms with Crippen molar-refractivity contribution in [2.75, 3.05) is 20.2 Å². The van der Waals surface area contributed by atoms with Crippen LogP contribution in [0.5, 0.6) is 5.88 Å². The Bertz CT molecular complexity index is 600. The zero-order valence-corrected chi connectivity index (χ0v) is 13.5. The molecule has 0 aliphatic carbocycles. The van der Waals surface area contributed by atoms with Crippen molar-refractivity contribution in [2.45, 2.75) is 32.5 Å². The minimum atomic E-state index is -0.468. The van der Waals surface area contributed by atoms with Gasteiger partial charge in [0.05, 0.1) is 0 Å². The van der Waals surface area contributed by atoms with E-state index in [4.69, 9.17) is 16.2 Å². The van der Waals surface area contributed by atoms with Gasteiger partial charge in [0.25, 0.3) is 0 Å². The van der Waals surface area contributed by atoms with Gasteiger partial charge in [0.1, 0.15) is 12.9 Å². The van der Waals surface area contributed by atoms with E-state index in [0.29, 0.717) is 19.0 Å². The molecule has 4 N–H and O–H groups in total. The van der Waals surface area contributed by atoms with Crippen LogP contribution in [0.4, 0.5) is 0 Å². The van der Waals surface area contributed by atoms with Crippen LogP contribution in [0, 0.1) is 0 Å². The first-order chi connectivity index (χ1) is 10.6. The molecule has 22 heavy (non-hydrogen) atoms. The Hall–Kier alpha value is -1.69. The van der Waals surface area contributed by atoms with Gasteiger partial charge in [-0.15, -0.1) is 0 Å². The number of likely N-dealkylation sites (N-methyl/N-ethyl adjacent to an activating group) is 1. The van der Waals surface area contributed by atoms with Gasteiger partial charge >= 0.3 is 0 Å². The molecule has 5 heteroatoms. The molecule has 1 aromatic heterocycles. The molecule has 0 saturated carbocycles. The first kappa shape index (κ1) is 16.7. The number of hydrogen-bond donors (Lipinski definition) is 2. The van der Waals surface area contributed by atoms with Gasteiger partial charge in [-0.3, -0.25) is 4.90 Å². The third-order valence-corrected chi connectivity index (χ3v) is 3.74. The fraction of sp³-hybridized carbons (Fsp3) is 0.471. The van der Waals surface area contributed by atoms with Crippen LogP contribution in [0.25, 0.3) is 10.8 Å². The molecule has 0 atom stereocenters. The largest absolute Gasteiger partial charge is 0.476 e. The van der Waals surface area contributed by atoms with Crippen LogP contribution in [0.1, 0.15) is 25.5 Å². The molecular formula is C17H26N4O. The van der Waals surface area contributed by atoms with Gasteiger partial charge in [-0.2, -0.15) is 0 Å². The summed E-state index contributed by atoms with van der Waals surface area (Å²) in [5.41, 5.74) is 12.3. The molecule has 2 rings (SSSR count).